The molecule has 1 aromatic carbocycles. The first-order valence-corrected chi connectivity index (χ1v) is 5.34. The quantitative estimate of drug-likeness (QED) is 0.703. The van der Waals surface area contributed by atoms with Crippen molar-refractivity contribution in [2.24, 2.45) is 5.41 Å². The maximum Gasteiger partial charge on any atom is 0.165 e. The maximum atomic E-state index is 13.1. The zero-order valence-corrected chi connectivity index (χ0v) is 10.0. The standard InChI is InChI=1S/C12H18FNO3/c1-12(7-15,8-16)6-14-9-3-4-10(13)11(5-9)17-2/h3-5,14-16H,6-8H2,1-2H3. The summed E-state index contributed by atoms with van der Waals surface area (Å²) >= 11 is 0. The molecule has 0 radical (unpaired) electrons. The number of ether oxygens (including phenoxy) is 1. The highest BCUT2D eigenvalue weighted by molar-refractivity contribution is 5.49. The van der Waals surface area contributed by atoms with E-state index in [1.165, 1.54) is 19.2 Å². The highest BCUT2D eigenvalue weighted by Crippen LogP contribution is 2.23. The Kier molecular flexibility index (Phi) is 4.72. The van der Waals surface area contributed by atoms with Gasteiger partial charge in [-0.15, -0.1) is 0 Å². The number of benzene rings is 1. The maximum absolute atomic E-state index is 13.1. The number of rotatable bonds is 6. The lowest BCUT2D eigenvalue weighted by Crippen LogP contribution is -2.34. The van der Waals surface area contributed by atoms with E-state index in [0.717, 1.165) is 0 Å². The second-order valence-electron chi connectivity index (χ2n) is 4.33. The van der Waals surface area contributed by atoms with E-state index in [9.17, 15) is 4.39 Å². The average Bonchev–Trinajstić information content (AvgIpc) is 2.37. The number of hydrogen-bond donors (Lipinski definition) is 3. The van der Waals surface area contributed by atoms with Crippen molar-refractivity contribution in [3.05, 3.63) is 24.0 Å². The highest BCUT2D eigenvalue weighted by Gasteiger charge is 2.22. The predicted molar refractivity (Wildman–Crippen MR) is 63.7 cm³/mol. The van der Waals surface area contributed by atoms with Crippen molar-refractivity contribution in [3.8, 4) is 5.75 Å². The molecule has 0 unspecified atom stereocenters. The molecule has 0 fully saturated rings. The van der Waals surface area contributed by atoms with Crippen molar-refractivity contribution in [2.45, 2.75) is 6.92 Å². The van der Waals surface area contributed by atoms with Crippen LogP contribution in [0, 0.1) is 11.2 Å². The first-order valence-electron chi connectivity index (χ1n) is 5.34. The van der Waals surface area contributed by atoms with Gasteiger partial charge in [0.1, 0.15) is 0 Å². The predicted octanol–water partition coefficient (Wildman–Crippen LogP) is 1.24. The average molecular weight is 243 g/mol. The first kappa shape index (κ1) is 13.7. The van der Waals surface area contributed by atoms with Crippen LogP contribution in [0.4, 0.5) is 10.1 Å². The Labute approximate surface area is 100 Å². The molecule has 0 aliphatic carbocycles. The van der Waals surface area contributed by atoms with Crippen molar-refractivity contribution >= 4 is 5.69 Å². The molecule has 3 N–H and O–H groups in total. The molecule has 0 heterocycles. The molecule has 1 rings (SSSR count). The zero-order chi connectivity index (χ0) is 12.9. The van der Waals surface area contributed by atoms with Crippen LogP contribution in [-0.4, -0.2) is 37.1 Å². The van der Waals surface area contributed by atoms with Crippen molar-refractivity contribution in [2.75, 3.05) is 32.2 Å². The molecule has 0 aliphatic rings. The van der Waals surface area contributed by atoms with E-state index in [4.69, 9.17) is 14.9 Å². The smallest absolute Gasteiger partial charge is 0.165 e. The van der Waals surface area contributed by atoms with Crippen molar-refractivity contribution < 1.29 is 19.3 Å². The van der Waals surface area contributed by atoms with Gasteiger partial charge >= 0.3 is 0 Å². The summed E-state index contributed by atoms with van der Waals surface area (Å²) < 4.78 is 18.0. The Morgan fingerprint density at radius 1 is 1.35 bits per heavy atom. The lowest BCUT2D eigenvalue weighted by Gasteiger charge is -2.25. The van der Waals surface area contributed by atoms with Gasteiger partial charge in [-0.1, -0.05) is 6.92 Å². The minimum absolute atomic E-state index is 0.130. The normalized spacial score (nSPS) is 11.4. The fourth-order valence-corrected chi connectivity index (χ4v) is 1.25. The van der Waals surface area contributed by atoms with Gasteiger partial charge in [0.15, 0.2) is 11.6 Å². The molecule has 0 amide bonds. The fourth-order valence-electron chi connectivity index (χ4n) is 1.25. The van der Waals surface area contributed by atoms with Gasteiger partial charge in [-0.25, -0.2) is 4.39 Å². The Bertz CT molecular complexity index is 367. The van der Waals surface area contributed by atoms with Crippen LogP contribution in [0.2, 0.25) is 0 Å². The molecule has 1 aromatic rings. The summed E-state index contributed by atoms with van der Waals surface area (Å²) in [7, 11) is 1.40. The Morgan fingerprint density at radius 2 is 2.00 bits per heavy atom. The Hall–Kier alpha value is -1.33. The van der Waals surface area contributed by atoms with Gasteiger partial charge in [0.25, 0.3) is 0 Å². The minimum atomic E-state index is -0.610. The highest BCUT2D eigenvalue weighted by atomic mass is 19.1. The molecule has 0 atom stereocenters. The number of nitrogens with one attached hydrogen (secondary N) is 1. The van der Waals surface area contributed by atoms with Gasteiger partial charge in [-0.2, -0.15) is 0 Å². The third kappa shape index (κ3) is 3.57. The van der Waals surface area contributed by atoms with E-state index in [2.05, 4.69) is 5.32 Å². The van der Waals surface area contributed by atoms with E-state index in [0.29, 0.717) is 12.2 Å². The molecular weight excluding hydrogens is 225 g/mol. The number of halogens is 1. The van der Waals surface area contributed by atoms with Crippen LogP contribution in [0.25, 0.3) is 0 Å². The van der Waals surface area contributed by atoms with Gasteiger partial charge in [0, 0.05) is 23.7 Å². The van der Waals surface area contributed by atoms with Crippen LogP contribution < -0.4 is 10.1 Å². The number of aliphatic hydroxyl groups excluding tert-OH is 2. The molecule has 0 aliphatic heterocycles. The number of aliphatic hydroxyl groups is 2. The Balaban J connectivity index is 2.69. The summed E-state index contributed by atoms with van der Waals surface area (Å²) in [5.74, 6) is -0.269. The number of anilines is 1. The molecule has 0 bridgehead atoms. The largest absolute Gasteiger partial charge is 0.494 e. The van der Waals surface area contributed by atoms with E-state index in [-0.39, 0.29) is 19.0 Å². The molecule has 17 heavy (non-hydrogen) atoms. The summed E-state index contributed by atoms with van der Waals surface area (Å²) in [6, 6.07) is 4.41. The van der Waals surface area contributed by atoms with E-state index in [1.807, 2.05) is 0 Å². The second kappa shape index (κ2) is 5.84. The molecule has 0 aromatic heterocycles. The number of hydrogen-bond acceptors (Lipinski definition) is 4. The van der Waals surface area contributed by atoms with Crippen molar-refractivity contribution in [3.63, 3.8) is 0 Å². The molecule has 5 heteroatoms. The molecule has 0 saturated heterocycles. The van der Waals surface area contributed by atoms with Gasteiger partial charge in [0.05, 0.1) is 20.3 Å². The van der Waals surface area contributed by atoms with Crippen molar-refractivity contribution in [1.29, 1.82) is 0 Å². The lowest BCUT2D eigenvalue weighted by molar-refractivity contribution is 0.0806. The van der Waals surface area contributed by atoms with Crippen molar-refractivity contribution in [1.82, 2.24) is 0 Å². The molecule has 0 saturated carbocycles. The molecule has 96 valence electrons. The third-order valence-corrected chi connectivity index (χ3v) is 2.63. The van der Waals surface area contributed by atoms with E-state index >= 15 is 0 Å². The second-order valence-corrected chi connectivity index (χ2v) is 4.33. The minimum Gasteiger partial charge on any atom is -0.494 e. The van der Waals surface area contributed by atoms with Gasteiger partial charge in [-0.3, -0.25) is 0 Å². The summed E-state index contributed by atoms with van der Waals surface area (Å²) in [4.78, 5) is 0. The SMILES string of the molecule is COc1cc(NCC(C)(CO)CO)ccc1F. The van der Waals surface area contributed by atoms with Crippen LogP contribution >= 0.6 is 0 Å². The van der Waals surface area contributed by atoms with Crippen LogP contribution in [0.3, 0.4) is 0 Å². The fraction of sp³-hybridized carbons (Fsp3) is 0.500. The van der Waals surface area contributed by atoms with Crippen LogP contribution in [-0.2, 0) is 0 Å². The van der Waals surface area contributed by atoms with E-state index in [1.54, 1.807) is 13.0 Å². The first-order chi connectivity index (χ1) is 8.04. The summed E-state index contributed by atoms with van der Waals surface area (Å²) in [5.41, 5.74) is 0.0677. The number of methoxy groups -OCH3 is 1. The van der Waals surface area contributed by atoms with Gasteiger partial charge < -0.3 is 20.3 Å². The zero-order valence-electron chi connectivity index (χ0n) is 10.0. The molecular formula is C12H18FNO3. The molecule has 0 spiro atoms. The van der Waals surface area contributed by atoms with Gasteiger partial charge in [0.2, 0.25) is 0 Å². The van der Waals surface area contributed by atoms with Crippen LogP contribution in [0.5, 0.6) is 5.75 Å². The summed E-state index contributed by atoms with van der Waals surface area (Å²) in [5, 5.41) is 21.3. The lowest BCUT2D eigenvalue weighted by atomic mass is 9.93. The topological polar surface area (TPSA) is 61.7 Å². The summed E-state index contributed by atoms with van der Waals surface area (Å²) in [6.45, 7) is 1.87. The monoisotopic (exact) mass is 243 g/mol. The van der Waals surface area contributed by atoms with Crippen LogP contribution in [0.1, 0.15) is 6.92 Å². The van der Waals surface area contributed by atoms with Crippen LogP contribution in [0.15, 0.2) is 18.2 Å². The van der Waals surface area contributed by atoms with Gasteiger partial charge in [-0.05, 0) is 12.1 Å². The van der Waals surface area contributed by atoms with E-state index < -0.39 is 11.2 Å². The molecule has 4 nitrogen and oxygen atoms in total. The Morgan fingerprint density at radius 3 is 2.53 bits per heavy atom. The summed E-state index contributed by atoms with van der Waals surface area (Å²) in [6.07, 6.45) is 0. The third-order valence-electron chi connectivity index (χ3n) is 2.63.